The van der Waals surface area contributed by atoms with Crippen LogP contribution in [0.1, 0.15) is 54.8 Å². The average Bonchev–Trinajstić information content (AvgIpc) is 3.49. The van der Waals surface area contributed by atoms with Crippen LogP contribution in [0.2, 0.25) is 10.0 Å². The maximum Gasteiger partial charge on any atom is 0.335 e. The summed E-state index contributed by atoms with van der Waals surface area (Å²) in [5.41, 5.74) is 4.67. The molecule has 2 heterocycles. The van der Waals surface area contributed by atoms with E-state index in [2.05, 4.69) is 16.6 Å². The van der Waals surface area contributed by atoms with E-state index in [9.17, 15) is 9.90 Å². The number of hydrogen-bond acceptors (Lipinski definition) is 5. The number of aromatic carboxylic acids is 1. The molecule has 0 radical (unpaired) electrons. The van der Waals surface area contributed by atoms with Crippen LogP contribution < -0.4 is 4.74 Å². The standard InChI is InChI=1S/C30H27Cl2N3O4/c1-4-14-35-25-15-19(30(36)37)10-13-24(25)33-29(35)18-8-11-20(12-9-18)38-16-21-27(34-39-28(21)17(2)3)26-22(31)6-5-7-23(26)32/h5-13,15,17H,4,14,16H2,1-3H3,(H,36,37). The molecule has 0 aliphatic rings. The highest BCUT2D eigenvalue weighted by molar-refractivity contribution is 6.39. The molecule has 3 aromatic carbocycles. The molecule has 1 N–H and O–H groups in total. The van der Waals surface area contributed by atoms with E-state index >= 15 is 0 Å². The van der Waals surface area contributed by atoms with Crippen LogP contribution in [0, 0.1) is 0 Å². The maximum atomic E-state index is 11.5. The number of halogens is 2. The van der Waals surface area contributed by atoms with Gasteiger partial charge in [-0.15, -0.1) is 0 Å². The van der Waals surface area contributed by atoms with Gasteiger partial charge in [0.2, 0.25) is 0 Å². The molecule has 7 nitrogen and oxygen atoms in total. The number of aryl methyl sites for hydroxylation is 1. The molecule has 39 heavy (non-hydrogen) atoms. The lowest BCUT2D eigenvalue weighted by Crippen LogP contribution is -2.02. The molecule has 0 fully saturated rings. The van der Waals surface area contributed by atoms with Crippen molar-refractivity contribution in [1.82, 2.24) is 14.7 Å². The number of rotatable bonds is 9. The summed E-state index contributed by atoms with van der Waals surface area (Å²) in [6, 6.07) is 18.0. The molecule has 9 heteroatoms. The zero-order valence-corrected chi connectivity index (χ0v) is 23.3. The first-order valence-electron chi connectivity index (χ1n) is 12.7. The van der Waals surface area contributed by atoms with Crippen LogP contribution in [0.25, 0.3) is 33.7 Å². The Hall–Kier alpha value is -3.81. The average molecular weight is 564 g/mol. The van der Waals surface area contributed by atoms with Crippen molar-refractivity contribution in [3.63, 3.8) is 0 Å². The Balaban J connectivity index is 1.44. The van der Waals surface area contributed by atoms with Crippen LogP contribution in [-0.2, 0) is 13.2 Å². The largest absolute Gasteiger partial charge is 0.489 e. The van der Waals surface area contributed by atoms with Gasteiger partial charge in [-0.1, -0.05) is 55.2 Å². The van der Waals surface area contributed by atoms with E-state index in [1.165, 1.54) is 0 Å². The fourth-order valence-corrected chi connectivity index (χ4v) is 5.19. The summed E-state index contributed by atoms with van der Waals surface area (Å²) >= 11 is 12.9. The molecule has 5 rings (SSSR count). The molecule has 0 saturated carbocycles. The molecule has 0 bridgehead atoms. The topological polar surface area (TPSA) is 90.4 Å². The Morgan fingerprint density at radius 2 is 1.79 bits per heavy atom. The van der Waals surface area contributed by atoms with Crippen molar-refractivity contribution < 1.29 is 19.2 Å². The van der Waals surface area contributed by atoms with Gasteiger partial charge in [0.15, 0.2) is 0 Å². The van der Waals surface area contributed by atoms with Gasteiger partial charge in [0.25, 0.3) is 0 Å². The number of fused-ring (bicyclic) bond motifs is 1. The van der Waals surface area contributed by atoms with Gasteiger partial charge in [-0.25, -0.2) is 9.78 Å². The second-order valence-corrected chi connectivity index (χ2v) is 10.3. The van der Waals surface area contributed by atoms with E-state index in [0.717, 1.165) is 34.4 Å². The Labute approximate surface area is 235 Å². The number of hydrogen-bond donors (Lipinski definition) is 1. The predicted molar refractivity (Wildman–Crippen MR) is 153 cm³/mol. The highest BCUT2D eigenvalue weighted by Crippen LogP contribution is 2.39. The minimum absolute atomic E-state index is 0.0849. The fraction of sp³-hybridized carbons (Fsp3) is 0.233. The normalized spacial score (nSPS) is 11.4. The van der Waals surface area contributed by atoms with Crippen molar-refractivity contribution in [2.45, 2.75) is 46.3 Å². The third-order valence-corrected chi connectivity index (χ3v) is 7.11. The smallest absolute Gasteiger partial charge is 0.335 e. The van der Waals surface area contributed by atoms with Gasteiger partial charge in [0.05, 0.1) is 32.2 Å². The Kier molecular flexibility index (Phi) is 7.64. The highest BCUT2D eigenvalue weighted by atomic mass is 35.5. The minimum Gasteiger partial charge on any atom is -0.489 e. The molecule has 0 aliphatic carbocycles. The molecular weight excluding hydrogens is 537 g/mol. The van der Waals surface area contributed by atoms with E-state index in [1.54, 1.807) is 36.4 Å². The highest BCUT2D eigenvalue weighted by Gasteiger charge is 2.24. The van der Waals surface area contributed by atoms with Crippen molar-refractivity contribution in [3.8, 4) is 28.4 Å². The summed E-state index contributed by atoms with van der Waals surface area (Å²) in [6.45, 7) is 7.07. The molecule has 0 unspecified atom stereocenters. The molecule has 2 aromatic heterocycles. The Morgan fingerprint density at radius 1 is 1.08 bits per heavy atom. The Bertz CT molecular complexity index is 1640. The number of aromatic nitrogens is 3. The molecule has 200 valence electrons. The zero-order valence-electron chi connectivity index (χ0n) is 21.7. The SMILES string of the molecule is CCCn1c(-c2ccc(OCc3c(-c4c(Cl)cccc4Cl)noc3C(C)C)cc2)nc2ccc(C(=O)O)cc21. The molecule has 0 spiro atoms. The van der Waals surface area contributed by atoms with E-state index in [-0.39, 0.29) is 18.1 Å². The van der Waals surface area contributed by atoms with E-state index in [4.69, 9.17) is 37.4 Å². The summed E-state index contributed by atoms with van der Waals surface area (Å²) in [4.78, 5) is 16.3. The summed E-state index contributed by atoms with van der Waals surface area (Å²) in [7, 11) is 0. The zero-order chi connectivity index (χ0) is 27.7. The molecule has 5 aromatic rings. The summed E-state index contributed by atoms with van der Waals surface area (Å²) in [5, 5.41) is 14.7. The monoisotopic (exact) mass is 563 g/mol. The predicted octanol–water partition coefficient (Wildman–Crippen LogP) is 8.48. The minimum atomic E-state index is -0.961. The molecule has 0 aliphatic heterocycles. The Morgan fingerprint density at radius 3 is 2.44 bits per heavy atom. The van der Waals surface area contributed by atoms with E-state index in [0.29, 0.717) is 39.4 Å². The number of carboxylic acids is 1. The van der Waals surface area contributed by atoms with Gasteiger partial charge in [-0.3, -0.25) is 0 Å². The third-order valence-electron chi connectivity index (χ3n) is 6.48. The second-order valence-electron chi connectivity index (χ2n) is 9.53. The van der Waals surface area contributed by atoms with Gasteiger partial charge in [0, 0.05) is 23.6 Å². The molecular formula is C30H27Cl2N3O4. The van der Waals surface area contributed by atoms with Crippen molar-refractivity contribution in [2.75, 3.05) is 0 Å². The molecule has 0 saturated heterocycles. The number of carboxylic acid groups (broad SMARTS) is 1. The quantitative estimate of drug-likeness (QED) is 0.193. The van der Waals surface area contributed by atoms with Crippen LogP contribution >= 0.6 is 23.2 Å². The fourth-order valence-electron chi connectivity index (χ4n) is 4.62. The van der Waals surface area contributed by atoms with Crippen LogP contribution in [0.4, 0.5) is 0 Å². The maximum absolute atomic E-state index is 11.5. The van der Waals surface area contributed by atoms with E-state index in [1.807, 2.05) is 38.1 Å². The van der Waals surface area contributed by atoms with Crippen molar-refractivity contribution in [2.24, 2.45) is 0 Å². The van der Waals surface area contributed by atoms with Gasteiger partial charge in [-0.2, -0.15) is 0 Å². The van der Waals surface area contributed by atoms with Crippen LogP contribution in [0.5, 0.6) is 5.75 Å². The summed E-state index contributed by atoms with van der Waals surface area (Å²) in [5.74, 6) is 1.28. The van der Waals surface area contributed by atoms with Crippen LogP contribution in [0.15, 0.2) is 65.2 Å². The number of imidazole rings is 1. The van der Waals surface area contributed by atoms with Gasteiger partial charge in [-0.05, 0) is 61.0 Å². The third kappa shape index (κ3) is 5.24. The number of nitrogens with zero attached hydrogens (tertiary/aromatic N) is 3. The number of benzene rings is 3. The van der Waals surface area contributed by atoms with Crippen molar-refractivity contribution in [1.29, 1.82) is 0 Å². The first kappa shape index (κ1) is 26.8. The van der Waals surface area contributed by atoms with Crippen molar-refractivity contribution in [3.05, 3.63) is 87.6 Å². The second kappa shape index (κ2) is 11.1. The number of carbonyl (C=O) groups is 1. The lowest BCUT2D eigenvalue weighted by Gasteiger charge is -2.12. The lowest BCUT2D eigenvalue weighted by atomic mass is 10.0. The van der Waals surface area contributed by atoms with Crippen LogP contribution in [-0.4, -0.2) is 25.8 Å². The lowest BCUT2D eigenvalue weighted by molar-refractivity contribution is 0.0697. The summed E-state index contributed by atoms with van der Waals surface area (Å²) < 4.78 is 13.9. The molecule has 0 atom stereocenters. The van der Waals surface area contributed by atoms with Gasteiger partial charge in [0.1, 0.15) is 29.6 Å². The first-order valence-corrected chi connectivity index (χ1v) is 13.4. The van der Waals surface area contributed by atoms with E-state index < -0.39 is 5.97 Å². The first-order chi connectivity index (χ1) is 18.8. The van der Waals surface area contributed by atoms with Gasteiger partial charge < -0.3 is 18.9 Å². The summed E-state index contributed by atoms with van der Waals surface area (Å²) in [6.07, 6.45) is 0.881. The van der Waals surface area contributed by atoms with Gasteiger partial charge >= 0.3 is 5.97 Å². The molecule has 0 amide bonds. The number of ether oxygens (including phenoxy) is 1. The van der Waals surface area contributed by atoms with Crippen molar-refractivity contribution >= 4 is 40.2 Å². The van der Waals surface area contributed by atoms with Crippen LogP contribution in [0.3, 0.4) is 0 Å².